The molecule has 0 radical (unpaired) electrons. The predicted molar refractivity (Wildman–Crippen MR) is 127 cm³/mol. The van der Waals surface area contributed by atoms with Crippen molar-refractivity contribution in [1.82, 2.24) is 19.3 Å². The van der Waals surface area contributed by atoms with Gasteiger partial charge in [0.1, 0.15) is 18.0 Å². The standard InChI is InChI=1S/C24H19F2N5O2S/c1-30-13-17(12-28-30)15-6-7-23-22(10-15)27-14-31(23)19-9-16(8-18(11-19)29-34(2,32)33)24-20(25)4-3-5-21(24)26/h3-14,29H,1-2H3. The molecule has 0 unspecified atom stereocenters. The zero-order valence-corrected chi connectivity index (χ0v) is 19.0. The molecule has 172 valence electrons. The third-order valence-corrected chi connectivity index (χ3v) is 5.94. The Hall–Kier alpha value is -4.05. The molecule has 0 spiro atoms. The number of rotatable bonds is 5. The smallest absolute Gasteiger partial charge is 0.229 e. The largest absolute Gasteiger partial charge is 0.299 e. The van der Waals surface area contributed by atoms with Gasteiger partial charge >= 0.3 is 0 Å². The van der Waals surface area contributed by atoms with Gasteiger partial charge in [0.05, 0.1) is 34.7 Å². The van der Waals surface area contributed by atoms with Gasteiger partial charge in [-0.05, 0) is 53.6 Å². The maximum absolute atomic E-state index is 14.5. The van der Waals surface area contributed by atoms with Crippen molar-refractivity contribution in [3.8, 4) is 27.9 Å². The zero-order valence-electron chi connectivity index (χ0n) is 18.2. The molecule has 0 fully saturated rings. The van der Waals surface area contributed by atoms with Gasteiger partial charge in [0.25, 0.3) is 0 Å². The normalized spacial score (nSPS) is 11.8. The predicted octanol–water partition coefficient (Wildman–Crippen LogP) is 4.74. The molecule has 10 heteroatoms. The number of nitrogens with one attached hydrogen (secondary N) is 1. The second-order valence-electron chi connectivity index (χ2n) is 7.96. The summed E-state index contributed by atoms with van der Waals surface area (Å²) in [4.78, 5) is 4.48. The first-order valence-corrected chi connectivity index (χ1v) is 12.1. The summed E-state index contributed by atoms with van der Waals surface area (Å²) in [7, 11) is -1.79. The average Bonchev–Trinajstić information content (AvgIpc) is 3.38. The lowest BCUT2D eigenvalue weighted by atomic mass is 10.0. The lowest BCUT2D eigenvalue weighted by molar-refractivity contribution is 0.589. The van der Waals surface area contributed by atoms with Crippen molar-refractivity contribution in [2.24, 2.45) is 7.05 Å². The quantitative estimate of drug-likeness (QED) is 0.395. The van der Waals surface area contributed by atoms with E-state index in [1.165, 1.54) is 12.1 Å². The number of sulfonamides is 1. The Morgan fingerprint density at radius 1 is 0.941 bits per heavy atom. The monoisotopic (exact) mass is 479 g/mol. The number of nitrogens with zero attached hydrogens (tertiary/aromatic N) is 4. The van der Waals surface area contributed by atoms with Gasteiger partial charge in [-0.3, -0.25) is 14.0 Å². The number of aromatic nitrogens is 4. The zero-order chi connectivity index (χ0) is 24.0. The molecule has 0 aliphatic rings. The summed E-state index contributed by atoms with van der Waals surface area (Å²) in [5.41, 5.74) is 3.92. The number of imidazole rings is 1. The molecule has 0 amide bonds. The molecule has 5 rings (SSSR count). The molecule has 34 heavy (non-hydrogen) atoms. The number of halogens is 2. The third kappa shape index (κ3) is 4.15. The van der Waals surface area contributed by atoms with Gasteiger partial charge in [0.2, 0.25) is 10.0 Å². The summed E-state index contributed by atoms with van der Waals surface area (Å²) in [6, 6.07) is 13.9. The molecular weight excluding hydrogens is 460 g/mol. The fraction of sp³-hybridized carbons (Fsp3) is 0.0833. The Morgan fingerprint density at radius 2 is 1.71 bits per heavy atom. The van der Waals surface area contributed by atoms with E-state index in [4.69, 9.17) is 0 Å². The highest BCUT2D eigenvalue weighted by Crippen LogP contribution is 2.33. The van der Waals surface area contributed by atoms with Gasteiger partial charge in [-0.2, -0.15) is 5.10 Å². The van der Waals surface area contributed by atoms with E-state index in [9.17, 15) is 17.2 Å². The maximum Gasteiger partial charge on any atom is 0.229 e. The first-order chi connectivity index (χ1) is 16.2. The van der Waals surface area contributed by atoms with E-state index < -0.39 is 21.7 Å². The highest BCUT2D eigenvalue weighted by Gasteiger charge is 2.16. The molecule has 1 N–H and O–H groups in total. The van der Waals surface area contributed by atoms with E-state index in [1.54, 1.807) is 33.9 Å². The molecule has 3 aromatic carbocycles. The van der Waals surface area contributed by atoms with E-state index in [1.807, 2.05) is 31.4 Å². The molecule has 2 heterocycles. The van der Waals surface area contributed by atoms with Crippen LogP contribution in [0.25, 0.3) is 39.0 Å². The molecule has 0 bridgehead atoms. The fourth-order valence-corrected chi connectivity index (χ4v) is 4.46. The van der Waals surface area contributed by atoms with E-state index in [0.717, 1.165) is 35.0 Å². The summed E-state index contributed by atoms with van der Waals surface area (Å²) in [5.74, 6) is -1.50. The van der Waals surface area contributed by atoms with Gasteiger partial charge < -0.3 is 0 Å². The number of hydrogen-bond donors (Lipinski definition) is 1. The number of aryl methyl sites for hydroxylation is 1. The minimum absolute atomic E-state index is 0.173. The average molecular weight is 480 g/mol. The lowest BCUT2D eigenvalue weighted by Crippen LogP contribution is -2.10. The van der Waals surface area contributed by atoms with Crippen molar-refractivity contribution in [2.45, 2.75) is 0 Å². The van der Waals surface area contributed by atoms with Gasteiger partial charge in [-0.25, -0.2) is 22.2 Å². The van der Waals surface area contributed by atoms with Crippen LogP contribution in [0.15, 0.2) is 73.3 Å². The molecule has 0 aliphatic carbocycles. The lowest BCUT2D eigenvalue weighted by Gasteiger charge is -2.13. The second-order valence-corrected chi connectivity index (χ2v) is 9.71. The minimum atomic E-state index is -3.63. The van der Waals surface area contributed by atoms with Crippen molar-refractivity contribution in [3.63, 3.8) is 0 Å². The summed E-state index contributed by atoms with van der Waals surface area (Å²) in [6.45, 7) is 0. The van der Waals surface area contributed by atoms with Crippen LogP contribution >= 0.6 is 0 Å². The summed E-state index contributed by atoms with van der Waals surface area (Å²) in [5, 5.41) is 4.19. The Morgan fingerprint density at radius 3 is 2.38 bits per heavy atom. The molecular formula is C24H19F2N5O2S. The van der Waals surface area contributed by atoms with Crippen molar-refractivity contribution in [3.05, 3.63) is 85.0 Å². The van der Waals surface area contributed by atoms with Crippen LogP contribution in [0.2, 0.25) is 0 Å². The van der Waals surface area contributed by atoms with E-state index in [2.05, 4.69) is 14.8 Å². The van der Waals surface area contributed by atoms with Gasteiger partial charge in [0.15, 0.2) is 0 Å². The maximum atomic E-state index is 14.5. The van der Waals surface area contributed by atoms with Crippen LogP contribution in [-0.2, 0) is 17.1 Å². The minimum Gasteiger partial charge on any atom is -0.299 e. The van der Waals surface area contributed by atoms with Crippen molar-refractivity contribution in [2.75, 3.05) is 11.0 Å². The highest BCUT2D eigenvalue weighted by atomic mass is 32.2. The topological polar surface area (TPSA) is 81.8 Å². The molecule has 0 saturated carbocycles. The van der Waals surface area contributed by atoms with E-state index >= 15 is 0 Å². The molecule has 0 saturated heterocycles. The van der Waals surface area contributed by atoms with Crippen LogP contribution in [0.3, 0.4) is 0 Å². The van der Waals surface area contributed by atoms with Crippen LogP contribution in [0.4, 0.5) is 14.5 Å². The summed E-state index contributed by atoms with van der Waals surface area (Å²) in [6.07, 6.45) is 6.25. The van der Waals surface area contributed by atoms with Crippen molar-refractivity contribution in [1.29, 1.82) is 0 Å². The Labute approximate surface area is 194 Å². The van der Waals surface area contributed by atoms with Crippen LogP contribution < -0.4 is 4.72 Å². The van der Waals surface area contributed by atoms with E-state index in [-0.39, 0.29) is 16.8 Å². The Kier molecular flexibility index (Phi) is 5.17. The van der Waals surface area contributed by atoms with Crippen LogP contribution in [-0.4, -0.2) is 34.0 Å². The number of benzene rings is 3. The molecule has 0 atom stereocenters. The Bertz CT molecular complexity index is 1640. The third-order valence-electron chi connectivity index (χ3n) is 5.34. The van der Waals surface area contributed by atoms with Gasteiger partial charge in [-0.15, -0.1) is 0 Å². The first kappa shape index (κ1) is 21.8. The van der Waals surface area contributed by atoms with Crippen LogP contribution in [0.5, 0.6) is 0 Å². The summed E-state index contributed by atoms with van der Waals surface area (Å²) >= 11 is 0. The molecule has 2 aromatic heterocycles. The first-order valence-electron chi connectivity index (χ1n) is 10.2. The van der Waals surface area contributed by atoms with Gasteiger partial charge in [-0.1, -0.05) is 12.1 Å². The number of anilines is 1. The molecule has 0 aliphatic heterocycles. The fourth-order valence-electron chi connectivity index (χ4n) is 3.91. The second kappa shape index (κ2) is 8.07. The summed E-state index contributed by atoms with van der Waals surface area (Å²) < 4.78 is 58.7. The van der Waals surface area contributed by atoms with E-state index in [0.29, 0.717) is 11.2 Å². The number of hydrogen-bond acceptors (Lipinski definition) is 4. The van der Waals surface area contributed by atoms with Crippen molar-refractivity contribution < 1.29 is 17.2 Å². The van der Waals surface area contributed by atoms with Crippen LogP contribution in [0, 0.1) is 11.6 Å². The number of fused-ring (bicyclic) bond motifs is 1. The molecule has 5 aromatic rings. The van der Waals surface area contributed by atoms with Gasteiger partial charge in [0, 0.05) is 24.5 Å². The van der Waals surface area contributed by atoms with Crippen LogP contribution in [0.1, 0.15) is 0 Å². The highest BCUT2D eigenvalue weighted by molar-refractivity contribution is 7.92. The Balaban J connectivity index is 1.67. The SMILES string of the molecule is Cn1cc(-c2ccc3c(c2)ncn3-c2cc(NS(C)(=O)=O)cc(-c3c(F)cccc3F)c2)cn1. The van der Waals surface area contributed by atoms with Crippen molar-refractivity contribution >= 4 is 26.7 Å². The molecule has 7 nitrogen and oxygen atoms in total.